The monoisotopic (exact) mass is 246 g/mol. The van der Waals surface area contributed by atoms with Crippen molar-refractivity contribution in [3.05, 3.63) is 35.4 Å². The molecule has 5 heteroatoms. The minimum Gasteiger partial charge on any atom is -0.506 e. The number of aryl methyl sites for hydroxylation is 3. The number of hydrogen-bond donors (Lipinski definition) is 2. The van der Waals surface area contributed by atoms with Crippen LogP contribution in [0.3, 0.4) is 0 Å². The van der Waals surface area contributed by atoms with Gasteiger partial charge in [-0.15, -0.1) is 0 Å². The van der Waals surface area contributed by atoms with Crippen LogP contribution in [-0.4, -0.2) is 19.9 Å². The van der Waals surface area contributed by atoms with Crippen molar-refractivity contribution in [3.63, 3.8) is 0 Å². The van der Waals surface area contributed by atoms with Crippen LogP contribution in [-0.2, 0) is 20.0 Å². The van der Waals surface area contributed by atoms with Gasteiger partial charge in [0.05, 0.1) is 17.9 Å². The molecule has 0 unspecified atom stereocenters. The van der Waals surface area contributed by atoms with Gasteiger partial charge in [-0.3, -0.25) is 9.67 Å². The Hall–Kier alpha value is -2.04. The van der Waals surface area contributed by atoms with E-state index >= 15 is 0 Å². The molecule has 0 saturated heterocycles. The summed E-state index contributed by atoms with van der Waals surface area (Å²) in [5.41, 5.74) is 3.56. The van der Waals surface area contributed by atoms with E-state index in [4.69, 9.17) is 0 Å². The van der Waals surface area contributed by atoms with Crippen LogP contribution in [0.25, 0.3) is 0 Å². The Balaban J connectivity index is 2.13. The minimum atomic E-state index is 0.218. The summed E-state index contributed by atoms with van der Waals surface area (Å²) < 4.78 is 1.78. The van der Waals surface area contributed by atoms with Gasteiger partial charge in [0.15, 0.2) is 0 Å². The first kappa shape index (κ1) is 12.4. The van der Waals surface area contributed by atoms with Crippen LogP contribution in [0, 0.1) is 6.92 Å². The maximum atomic E-state index is 9.72. The van der Waals surface area contributed by atoms with Crippen LogP contribution >= 0.6 is 0 Å². The second-order valence-corrected chi connectivity index (χ2v) is 4.29. The highest BCUT2D eigenvalue weighted by Crippen LogP contribution is 2.18. The van der Waals surface area contributed by atoms with Crippen molar-refractivity contribution in [2.75, 3.05) is 5.32 Å². The van der Waals surface area contributed by atoms with Crippen LogP contribution in [0.15, 0.2) is 18.3 Å². The first-order chi connectivity index (χ1) is 8.60. The molecule has 2 aromatic heterocycles. The molecule has 18 heavy (non-hydrogen) atoms. The van der Waals surface area contributed by atoms with Gasteiger partial charge in [0, 0.05) is 18.9 Å². The molecular formula is C13H18N4O. The minimum absolute atomic E-state index is 0.218. The summed E-state index contributed by atoms with van der Waals surface area (Å²) in [5.74, 6) is 0.218. The van der Waals surface area contributed by atoms with Crippen molar-refractivity contribution in [3.8, 4) is 5.75 Å². The number of rotatable bonds is 4. The topological polar surface area (TPSA) is 63.0 Å². The molecule has 0 fully saturated rings. The van der Waals surface area contributed by atoms with Crippen molar-refractivity contribution < 1.29 is 5.11 Å². The van der Waals surface area contributed by atoms with E-state index in [1.807, 2.05) is 20.2 Å². The standard InChI is InChI=1S/C13H18N4O/c1-4-10-12(8-17(3)16-10)14-7-11-13(18)6-5-9(2)15-11/h5-6,8,14,18H,4,7H2,1-3H3. The average molecular weight is 246 g/mol. The molecule has 2 N–H and O–H groups in total. The second-order valence-electron chi connectivity index (χ2n) is 4.29. The predicted molar refractivity (Wildman–Crippen MR) is 70.6 cm³/mol. The van der Waals surface area contributed by atoms with E-state index in [1.54, 1.807) is 16.8 Å². The summed E-state index contributed by atoms with van der Waals surface area (Å²) in [7, 11) is 1.90. The van der Waals surface area contributed by atoms with Gasteiger partial charge < -0.3 is 10.4 Å². The number of nitrogens with zero attached hydrogens (tertiary/aromatic N) is 3. The number of pyridine rings is 1. The van der Waals surface area contributed by atoms with Crippen molar-refractivity contribution in [1.29, 1.82) is 0 Å². The predicted octanol–water partition coefficient (Wildman–Crippen LogP) is 2.00. The molecule has 0 amide bonds. The van der Waals surface area contributed by atoms with Crippen LogP contribution < -0.4 is 5.32 Å². The number of nitrogens with one attached hydrogen (secondary N) is 1. The molecule has 0 aliphatic carbocycles. The Morgan fingerprint density at radius 2 is 2.11 bits per heavy atom. The molecule has 0 aliphatic heterocycles. The smallest absolute Gasteiger partial charge is 0.138 e. The third-order valence-corrected chi connectivity index (χ3v) is 2.78. The summed E-state index contributed by atoms with van der Waals surface area (Å²) >= 11 is 0. The van der Waals surface area contributed by atoms with Gasteiger partial charge in [0.2, 0.25) is 0 Å². The molecule has 2 rings (SSSR count). The number of aromatic hydroxyl groups is 1. The molecule has 5 nitrogen and oxygen atoms in total. The molecule has 2 aromatic rings. The van der Waals surface area contributed by atoms with Crippen molar-refractivity contribution >= 4 is 5.69 Å². The molecular weight excluding hydrogens is 228 g/mol. The lowest BCUT2D eigenvalue weighted by Crippen LogP contribution is -2.03. The van der Waals surface area contributed by atoms with Gasteiger partial charge in [0.25, 0.3) is 0 Å². The molecule has 0 radical (unpaired) electrons. The Morgan fingerprint density at radius 1 is 1.33 bits per heavy atom. The summed E-state index contributed by atoms with van der Waals surface area (Å²) in [6.45, 7) is 4.46. The highest BCUT2D eigenvalue weighted by atomic mass is 16.3. The maximum absolute atomic E-state index is 9.72. The highest BCUT2D eigenvalue weighted by Gasteiger charge is 2.07. The molecule has 0 bridgehead atoms. The molecule has 0 atom stereocenters. The van der Waals surface area contributed by atoms with E-state index in [0.717, 1.165) is 23.5 Å². The SMILES string of the molecule is CCc1nn(C)cc1NCc1nc(C)ccc1O. The van der Waals surface area contributed by atoms with E-state index < -0.39 is 0 Å². The summed E-state index contributed by atoms with van der Waals surface area (Å²) in [4.78, 5) is 4.31. The third-order valence-electron chi connectivity index (χ3n) is 2.78. The fraction of sp³-hybridized carbons (Fsp3) is 0.385. The number of anilines is 1. The fourth-order valence-corrected chi connectivity index (χ4v) is 1.86. The third kappa shape index (κ3) is 2.61. The number of aromatic nitrogens is 3. The van der Waals surface area contributed by atoms with Crippen molar-refractivity contribution in [2.24, 2.45) is 7.05 Å². The Morgan fingerprint density at radius 3 is 2.83 bits per heavy atom. The van der Waals surface area contributed by atoms with Gasteiger partial charge >= 0.3 is 0 Å². The first-order valence-corrected chi connectivity index (χ1v) is 6.02. The highest BCUT2D eigenvalue weighted by molar-refractivity contribution is 5.47. The second kappa shape index (κ2) is 5.08. The van der Waals surface area contributed by atoms with Gasteiger partial charge in [-0.1, -0.05) is 6.92 Å². The van der Waals surface area contributed by atoms with E-state index in [9.17, 15) is 5.11 Å². The molecule has 2 heterocycles. The molecule has 0 spiro atoms. The van der Waals surface area contributed by atoms with Gasteiger partial charge in [-0.2, -0.15) is 5.10 Å². The van der Waals surface area contributed by atoms with Crippen LogP contribution in [0.5, 0.6) is 5.75 Å². The zero-order chi connectivity index (χ0) is 13.1. The van der Waals surface area contributed by atoms with Gasteiger partial charge in [-0.25, -0.2) is 0 Å². The Kier molecular flexibility index (Phi) is 3.50. The normalized spacial score (nSPS) is 10.6. The van der Waals surface area contributed by atoms with Gasteiger partial charge in [0.1, 0.15) is 11.4 Å². The Labute approximate surface area is 106 Å². The lowest BCUT2D eigenvalue weighted by Gasteiger charge is -2.07. The molecule has 0 aliphatic rings. The number of hydrogen-bond acceptors (Lipinski definition) is 4. The molecule has 0 saturated carbocycles. The fourth-order valence-electron chi connectivity index (χ4n) is 1.86. The van der Waals surface area contributed by atoms with E-state index in [0.29, 0.717) is 12.2 Å². The lowest BCUT2D eigenvalue weighted by molar-refractivity contribution is 0.464. The van der Waals surface area contributed by atoms with Crippen LogP contribution in [0.2, 0.25) is 0 Å². The van der Waals surface area contributed by atoms with Gasteiger partial charge in [-0.05, 0) is 25.5 Å². The summed E-state index contributed by atoms with van der Waals surface area (Å²) in [6.07, 6.45) is 2.81. The van der Waals surface area contributed by atoms with Crippen LogP contribution in [0.1, 0.15) is 24.0 Å². The first-order valence-electron chi connectivity index (χ1n) is 6.02. The van der Waals surface area contributed by atoms with Crippen molar-refractivity contribution in [2.45, 2.75) is 26.8 Å². The Bertz CT molecular complexity index is 548. The quantitative estimate of drug-likeness (QED) is 0.866. The van der Waals surface area contributed by atoms with Crippen LogP contribution in [0.4, 0.5) is 5.69 Å². The zero-order valence-electron chi connectivity index (χ0n) is 10.9. The zero-order valence-corrected chi connectivity index (χ0v) is 10.9. The largest absolute Gasteiger partial charge is 0.506 e. The molecule has 96 valence electrons. The van der Waals surface area contributed by atoms with E-state index in [-0.39, 0.29) is 5.75 Å². The van der Waals surface area contributed by atoms with E-state index in [1.165, 1.54) is 0 Å². The maximum Gasteiger partial charge on any atom is 0.138 e. The molecule has 0 aromatic carbocycles. The lowest BCUT2D eigenvalue weighted by atomic mass is 10.2. The van der Waals surface area contributed by atoms with E-state index in [2.05, 4.69) is 22.3 Å². The average Bonchev–Trinajstić information content (AvgIpc) is 2.71. The van der Waals surface area contributed by atoms with Crippen molar-refractivity contribution in [1.82, 2.24) is 14.8 Å². The summed E-state index contributed by atoms with van der Waals surface area (Å²) in [6, 6.07) is 3.46. The summed E-state index contributed by atoms with van der Waals surface area (Å²) in [5, 5.41) is 17.3.